The van der Waals surface area contributed by atoms with Crippen molar-refractivity contribution in [3.63, 3.8) is 0 Å². The van der Waals surface area contributed by atoms with Crippen LogP contribution in [0.1, 0.15) is 30.6 Å². The van der Waals surface area contributed by atoms with Gasteiger partial charge in [0.2, 0.25) is 5.91 Å². The van der Waals surface area contributed by atoms with Crippen LogP contribution in [0.4, 0.5) is 15.9 Å². The van der Waals surface area contributed by atoms with Crippen molar-refractivity contribution in [1.29, 1.82) is 0 Å². The van der Waals surface area contributed by atoms with Crippen molar-refractivity contribution in [3.8, 4) is 0 Å². The zero-order chi connectivity index (χ0) is 20.8. The Labute approximate surface area is 162 Å². The van der Waals surface area contributed by atoms with Gasteiger partial charge in [0.1, 0.15) is 11.1 Å². The smallest absolute Gasteiger partial charge is 0.316 e. The third-order valence-electron chi connectivity index (χ3n) is 3.46. The lowest BCUT2D eigenvalue weighted by atomic mass is 10.2. The third-order valence-corrected chi connectivity index (χ3v) is 4.43. The minimum atomic E-state index is -1.11. The third kappa shape index (κ3) is 5.39. The van der Waals surface area contributed by atoms with E-state index in [9.17, 15) is 23.6 Å². The number of aliphatic carboxylic acids is 1. The van der Waals surface area contributed by atoms with E-state index in [4.69, 9.17) is 5.11 Å². The van der Waals surface area contributed by atoms with E-state index in [1.54, 1.807) is 6.92 Å². The van der Waals surface area contributed by atoms with Gasteiger partial charge < -0.3 is 15.7 Å². The number of carbonyl (C=O) groups excluding carboxylic acids is 2. The van der Waals surface area contributed by atoms with Gasteiger partial charge in [-0.15, -0.1) is 0 Å². The number of aromatic amines is 1. The Bertz CT molecular complexity index is 961. The summed E-state index contributed by atoms with van der Waals surface area (Å²) in [6, 6.07) is 4.64. The Kier molecular flexibility index (Phi) is 6.88. The quantitative estimate of drug-likeness (QED) is 0.406. The van der Waals surface area contributed by atoms with Crippen molar-refractivity contribution in [2.75, 3.05) is 10.6 Å². The first-order valence-electron chi connectivity index (χ1n) is 8.11. The number of aromatic nitrogens is 2. The molecule has 0 unspecified atom stereocenters. The molecule has 2 aromatic rings. The number of nitrogens with one attached hydrogen (secondary N) is 3. The zero-order valence-corrected chi connectivity index (χ0v) is 15.7. The summed E-state index contributed by atoms with van der Waals surface area (Å²) >= 11 is 0.768. The zero-order valence-electron chi connectivity index (χ0n) is 14.9. The highest BCUT2D eigenvalue weighted by Gasteiger charge is 2.20. The largest absolute Gasteiger partial charge is 0.480 e. The van der Waals surface area contributed by atoms with Crippen molar-refractivity contribution >= 4 is 41.1 Å². The molecule has 1 heterocycles. The summed E-state index contributed by atoms with van der Waals surface area (Å²) in [5, 5.41) is 12.8. The van der Waals surface area contributed by atoms with Gasteiger partial charge in [-0.3, -0.25) is 24.2 Å². The number of hydrogen-bond acceptors (Lipinski definition) is 6. The van der Waals surface area contributed by atoms with Crippen LogP contribution in [0.3, 0.4) is 0 Å². The van der Waals surface area contributed by atoms with E-state index >= 15 is 0 Å². The van der Waals surface area contributed by atoms with Crippen molar-refractivity contribution in [1.82, 2.24) is 9.97 Å². The molecular formula is C17H17FN4O5S. The molecule has 0 aliphatic heterocycles. The summed E-state index contributed by atoms with van der Waals surface area (Å²) in [4.78, 5) is 53.9. The summed E-state index contributed by atoms with van der Waals surface area (Å²) in [5.41, 5.74) is -1.01. The second kappa shape index (κ2) is 9.13. The number of carboxylic acid groups (broad SMARTS) is 1. The van der Waals surface area contributed by atoms with Crippen molar-refractivity contribution in [3.05, 3.63) is 46.0 Å². The molecule has 0 saturated carbocycles. The molecule has 1 aromatic heterocycles. The van der Waals surface area contributed by atoms with Gasteiger partial charge in [0.25, 0.3) is 11.5 Å². The molecule has 2 amide bonds. The first kappa shape index (κ1) is 21.1. The number of halogens is 1. The minimum absolute atomic E-state index is 0.0360. The van der Waals surface area contributed by atoms with Crippen LogP contribution >= 0.6 is 11.8 Å². The van der Waals surface area contributed by atoms with Gasteiger partial charge in [0, 0.05) is 12.0 Å². The summed E-state index contributed by atoms with van der Waals surface area (Å²) in [6.07, 6.45) is 0.0911. The first-order chi connectivity index (χ1) is 13.2. The second-order valence-electron chi connectivity index (χ2n) is 5.56. The molecule has 0 saturated heterocycles. The number of carbonyl (C=O) groups is 3. The number of H-pyrrole nitrogens is 1. The predicted octanol–water partition coefficient (Wildman–Crippen LogP) is 2.08. The molecule has 0 bridgehead atoms. The molecule has 0 aliphatic rings. The Morgan fingerprint density at radius 2 is 1.89 bits per heavy atom. The standard InChI is InChI=1S/C17H17FN4O5S/c1-3-11(23)19-13-12(20-14(24)9-4-6-10(18)7-5-9)15(25)22-17(21-13)28-8(2)16(26)27/h4-8H,3H2,1-2H3,(H,20,24)(H,26,27)(H2,19,21,22,23,25)/t8-/m1/s1. The molecular weight excluding hydrogens is 391 g/mol. The minimum Gasteiger partial charge on any atom is -0.480 e. The highest BCUT2D eigenvalue weighted by atomic mass is 32.2. The van der Waals surface area contributed by atoms with Crippen LogP contribution in [0.25, 0.3) is 0 Å². The fraction of sp³-hybridized carbons (Fsp3) is 0.235. The Morgan fingerprint density at radius 3 is 2.46 bits per heavy atom. The summed E-state index contributed by atoms with van der Waals surface area (Å²) in [7, 11) is 0. The van der Waals surface area contributed by atoms with E-state index in [1.165, 1.54) is 19.1 Å². The fourth-order valence-corrected chi connectivity index (χ4v) is 2.67. The first-order valence-corrected chi connectivity index (χ1v) is 8.99. The molecule has 148 valence electrons. The molecule has 1 atom stereocenters. The van der Waals surface area contributed by atoms with E-state index < -0.39 is 34.4 Å². The van der Waals surface area contributed by atoms with E-state index in [-0.39, 0.29) is 28.6 Å². The Balaban J connectivity index is 2.39. The number of hydrogen-bond donors (Lipinski definition) is 4. The van der Waals surface area contributed by atoms with Crippen LogP contribution in [0.5, 0.6) is 0 Å². The highest BCUT2D eigenvalue weighted by molar-refractivity contribution is 8.00. The molecule has 0 aliphatic carbocycles. The van der Waals surface area contributed by atoms with E-state index in [0.717, 1.165) is 23.9 Å². The van der Waals surface area contributed by atoms with E-state index in [0.29, 0.717) is 0 Å². The highest BCUT2D eigenvalue weighted by Crippen LogP contribution is 2.23. The van der Waals surface area contributed by atoms with E-state index in [1.807, 2.05) is 0 Å². The number of rotatable bonds is 7. The average Bonchev–Trinajstić information content (AvgIpc) is 2.64. The molecule has 0 spiro atoms. The lowest BCUT2D eigenvalue weighted by Crippen LogP contribution is -2.25. The molecule has 0 radical (unpaired) electrons. The molecule has 9 nitrogen and oxygen atoms in total. The van der Waals surface area contributed by atoms with Crippen LogP contribution in [0, 0.1) is 5.82 Å². The maximum atomic E-state index is 13.0. The molecule has 4 N–H and O–H groups in total. The fourth-order valence-electron chi connectivity index (χ4n) is 1.94. The van der Waals surface area contributed by atoms with Gasteiger partial charge in [0.05, 0.1) is 0 Å². The predicted molar refractivity (Wildman–Crippen MR) is 101 cm³/mol. The van der Waals surface area contributed by atoms with Gasteiger partial charge in [-0.2, -0.15) is 0 Å². The topological polar surface area (TPSA) is 141 Å². The van der Waals surface area contributed by atoms with Gasteiger partial charge in [0.15, 0.2) is 16.7 Å². The summed E-state index contributed by atoms with van der Waals surface area (Å²) in [6.45, 7) is 2.99. The van der Waals surface area contributed by atoms with Crippen molar-refractivity contribution < 1.29 is 23.9 Å². The van der Waals surface area contributed by atoms with Gasteiger partial charge in [-0.05, 0) is 31.2 Å². The monoisotopic (exact) mass is 408 g/mol. The second-order valence-corrected chi connectivity index (χ2v) is 6.89. The normalized spacial score (nSPS) is 11.5. The SMILES string of the molecule is CCC(=O)Nc1nc(S[C@H](C)C(=O)O)[nH]c(=O)c1NC(=O)c1ccc(F)cc1. The van der Waals surface area contributed by atoms with Crippen LogP contribution in [-0.2, 0) is 9.59 Å². The number of anilines is 2. The van der Waals surface area contributed by atoms with Crippen molar-refractivity contribution in [2.45, 2.75) is 30.7 Å². The molecule has 1 aromatic carbocycles. The number of carboxylic acids is 1. The Morgan fingerprint density at radius 1 is 1.25 bits per heavy atom. The number of benzene rings is 1. The van der Waals surface area contributed by atoms with Gasteiger partial charge in [-0.25, -0.2) is 9.37 Å². The number of nitrogens with zero attached hydrogens (tertiary/aromatic N) is 1. The molecule has 28 heavy (non-hydrogen) atoms. The number of amides is 2. The maximum absolute atomic E-state index is 13.0. The lowest BCUT2D eigenvalue weighted by Gasteiger charge is -2.13. The summed E-state index contributed by atoms with van der Waals surface area (Å²) < 4.78 is 13.0. The van der Waals surface area contributed by atoms with Crippen LogP contribution in [0.2, 0.25) is 0 Å². The lowest BCUT2D eigenvalue weighted by molar-refractivity contribution is -0.136. The van der Waals surface area contributed by atoms with Crippen LogP contribution < -0.4 is 16.2 Å². The molecule has 11 heteroatoms. The summed E-state index contributed by atoms with van der Waals surface area (Å²) in [5.74, 6) is -3.02. The Hall–Kier alpha value is -3.21. The van der Waals surface area contributed by atoms with Gasteiger partial charge >= 0.3 is 5.97 Å². The average molecular weight is 408 g/mol. The van der Waals surface area contributed by atoms with E-state index in [2.05, 4.69) is 20.6 Å². The van der Waals surface area contributed by atoms with Gasteiger partial charge in [-0.1, -0.05) is 18.7 Å². The molecule has 2 rings (SSSR count). The van der Waals surface area contributed by atoms with Crippen LogP contribution in [0.15, 0.2) is 34.2 Å². The van der Waals surface area contributed by atoms with Crippen molar-refractivity contribution in [2.24, 2.45) is 0 Å². The molecule has 0 fully saturated rings. The maximum Gasteiger partial charge on any atom is 0.316 e. The van der Waals surface area contributed by atoms with Crippen LogP contribution in [-0.4, -0.2) is 38.1 Å². The number of thioether (sulfide) groups is 1.